The highest BCUT2D eigenvalue weighted by Crippen LogP contribution is 2.58. The molecule has 4 bridgehead atoms. The van der Waals surface area contributed by atoms with Crippen LogP contribution in [0, 0.1) is 0 Å². The van der Waals surface area contributed by atoms with Gasteiger partial charge in [-0.25, -0.2) is 0 Å². The molecule has 4 rings (SSSR count). The molecule has 2 aliphatic carbocycles. The Hall–Kier alpha value is -1.18. The largest absolute Gasteiger partial charge is 0.190 e. The van der Waals surface area contributed by atoms with Crippen LogP contribution in [0.4, 0.5) is 0 Å². The first kappa shape index (κ1) is 6.30. The summed E-state index contributed by atoms with van der Waals surface area (Å²) in [5.41, 5.74) is 3.08. The molecule has 0 unspecified atom stereocenters. The number of benzene rings is 1. The van der Waals surface area contributed by atoms with Gasteiger partial charge in [0.05, 0.1) is 12.1 Å². The smallest absolute Gasteiger partial charge is 0.0867 e. The molecule has 0 N–H and O–H groups in total. The van der Waals surface area contributed by atoms with Crippen LogP contribution < -0.4 is 0 Å². The summed E-state index contributed by atoms with van der Waals surface area (Å²) in [6.07, 6.45) is 1.25. The summed E-state index contributed by atoms with van der Waals surface area (Å²) in [6, 6.07) is 9.83. The average Bonchev–Trinajstić information content (AvgIpc) is 2.82. The molecule has 0 spiro atoms. The first-order valence-electron chi connectivity index (χ1n) is 4.94. The van der Waals surface area contributed by atoms with Gasteiger partial charge in [0.2, 0.25) is 0 Å². The fourth-order valence-electron chi connectivity index (χ4n) is 3.31. The highest BCUT2D eigenvalue weighted by molar-refractivity contribution is 5.47. The zero-order chi connectivity index (χ0) is 8.41. The van der Waals surface area contributed by atoms with Crippen LogP contribution in [-0.2, 0) is 0 Å². The Morgan fingerprint density at radius 2 is 1.92 bits per heavy atom. The third kappa shape index (κ3) is 0.559. The van der Waals surface area contributed by atoms with E-state index in [-0.39, 0.29) is 0 Å². The zero-order valence-electron chi connectivity index (χ0n) is 7.22. The molecule has 2 heteroatoms. The standard InChI is InChI=1S/C11H10N2/c1-2-4-7-6(3-1)8-5-9-10(7)11(8)13-12-9/h1-4,8-11H,5H2/t8-,9+,10+,11+/m0/s1. The van der Waals surface area contributed by atoms with Crippen LogP contribution in [0.15, 0.2) is 34.5 Å². The van der Waals surface area contributed by atoms with Gasteiger partial charge in [0.15, 0.2) is 0 Å². The summed E-state index contributed by atoms with van der Waals surface area (Å²) < 4.78 is 0. The SMILES string of the molecule is c1ccc2c(c1)[C@H]1[C@@H]3N=N[C@@H]1C[C@@H]23. The molecule has 0 amide bonds. The molecule has 1 saturated carbocycles. The molecular weight excluding hydrogens is 160 g/mol. The second kappa shape index (κ2) is 1.84. The fraction of sp³-hybridized carbons (Fsp3) is 0.455. The van der Waals surface area contributed by atoms with E-state index < -0.39 is 0 Å². The van der Waals surface area contributed by atoms with E-state index in [1.165, 1.54) is 12.0 Å². The minimum absolute atomic E-state index is 0.502. The monoisotopic (exact) mass is 170 g/mol. The van der Waals surface area contributed by atoms with Crippen LogP contribution in [0.3, 0.4) is 0 Å². The van der Waals surface area contributed by atoms with E-state index in [9.17, 15) is 0 Å². The second-order valence-corrected chi connectivity index (χ2v) is 4.29. The molecule has 0 saturated heterocycles. The minimum atomic E-state index is 0.502. The lowest BCUT2D eigenvalue weighted by molar-refractivity contribution is 0.559. The number of hydrogen-bond acceptors (Lipinski definition) is 2. The van der Waals surface area contributed by atoms with E-state index in [2.05, 4.69) is 34.5 Å². The van der Waals surface area contributed by atoms with Crippen LogP contribution >= 0.6 is 0 Å². The van der Waals surface area contributed by atoms with Crippen molar-refractivity contribution in [3.8, 4) is 0 Å². The number of hydrogen-bond donors (Lipinski definition) is 0. The van der Waals surface area contributed by atoms with Crippen LogP contribution in [0.25, 0.3) is 0 Å². The molecule has 2 nitrogen and oxygen atoms in total. The van der Waals surface area contributed by atoms with Crippen molar-refractivity contribution >= 4 is 0 Å². The number of azo groups is 1. The van der Waals surface area contributed by atoms with E-state index >= 15 is 0 Å². The van der Waals surface area contributed by atoms with E-state index in [0.717, 1.165) is 0 Å². The quantitative estimate of drug-likeness (QED) is 0.571. The van der Waals surface area contributed by atoms with Crippen molar-refractivity contribution in [3.05, 3.63) is 35.4 Å². The van der Waals surface area contributed by atoms with Crippen LogP contribution in [0.1, 0.15) is 29.4 Å². The van der Waals surface area contributed by atoms with Crippen molar-refractivity contribution in [3.63, 3.8) is 0 Å². The predicted molar refractivity (Wildman–Crippen MR) is 49.0 cm³/mol. The molecule has 0 aromatic heterocycles. The summed E-state index contributed by atoms with van der Waals surface area (Å²) in [5, 5.41) is 8.68. The van der Waals surface area contributed by atoms with E-state index in [1.807, 2.05) is 0 Å². The van der Waals surface area contributed by atoms with Crippen molar-refractivity contribution in [2.45, 2.75) is 30.3 Å². The van der Waals surface area contributed by atoms with Crippen LogP contribution in [0.2, 0.25) is 0 Å². The van der Waals surface area contributed by atoms with Gasteiger partial charge in [-0.15, -0.1) is 0 Å². The maximum absolute atomic E-state index is 4.37. The number of nitrogens with zero attached hydrogens (tertiary/aromatic N) is 2. The summed E-state index contributed by atoms with van der Waals surface area (Å²) in [5.74, 6) is 1.34. The molecule has 4 atom stereocenters. The van der Waals surface area contributed by atoms with Gasteiger partial charge in [-0.2, -0.15) is 10.2 Å². The summed E-state index contributed by atoms with van der Waals surface area (Å²) in [7, 11) is 0. The normalized spacial score (nSPS) is 42.8. The summed E-state index contributed by atoms with van der Waals surface area (Å²) >= 11 is 0. The number of fused-ring (bicyclic) bond motifs is 2. The predicted octanol–water partition coefficient (Wildman–Crippen LogP) is 2.47. The highest BCUT2D eigenvalue weighted by atomic mass is 15.2. The Labute approximate surface area is 76.7 Å². The van der Waals surface area contributed by atoms with E-state index in [1.54, 1.807) is 5.56 Å². The Balaban J connectivity index is 2.01. The maximum Gasteiger partial charge on any atom is 0.0867 e. The fourth-order valence-corrected chi connectivity index (χ4v) is 3.31. The van der Waals surface area contributed by atoms with Gasteiger partial charge in [-0.1, -0.05) is 24.3 Å². The van der Waals surface area contributed by atoms with Crippen molar-refractivity contribution in [2.24, 2.45) is 10.2 Å². The molecular formula is C11H10N2. The molecule has 1 aromatic carbocycles. The summed E-state index contributed by atoms with van der Waals surface area (Å²) in [4.78, 5) is 0. The van der Waals surface area contributed by atoms with Gasteiger partial charge < -0.3 is 0 Å². The van der Waals surface area contributed by atoms with Crippen LogP contribution in [-0.4, -0.2) is 12.1 Å². The topological polar surface area (TPSA) is 24.7 Å². The van der Waals surface area contributed by atoms with Crippen LogP contribution in [0.5, 0.6) is 0 Å². The van der Waals surface area contributed by atoms with Crippen molar-refractivity contribution < 1.29 is 0 Å². The molecule has 13 heavy (non-hydrogen) atoms. The first-order valence-corrected chi connectivity index (χ1v) is 4.94. The van der Waals surface area contributed by atoms with Gasteiger partial charge >= 0.3 is 0 Å². The summed E-state index contributed by atoms with van der Waals surface area (Å²) in [6.45, 7) is 0. The molecule has 1 aliphatic heterocycles. The van der Waals surface area contributed by atoms with Gasteiger partial charge in [0, 0.05) is 11.8 Å². The molecule has 1 aromatic rings. The average molecular weight is 170 g/mol. The second-order valence-electron chi connectivity index (χ2n) is 4.29. The van der Waals surface area contributed by atoms with E-state index in [4.69, 9.17) is 0 Å². The molecule has 1 fully saturated rings. The molecule has 64 valence electrons. The lowest BCUT2D eigenvalue weighted by Gasteiger charge is -2.19. The van der Waals surface area contributed by atoms with Gasteiger partial charge in [0.25, 0.3) is 0 Å². The van der Waals surface area contributed by atoms with Gasteiger partial charge in [-0.3, -0.25) is 0 Å². The molecule has 3 aliphatic rings. The zero-order valence-corrected chi connectivity index (χ0v) is 7.22. The van der Waals surface area contributed by atoms with Gasteiger partial charge in [0.1, 0.15) is 0 Å². The maximum atomic E-state index is 4.37. The third-order valence-electron chi connectivity index (χ3n) is 3.79. The van der Waals surface area contributed by atoms with Crippen molar-refractivity contribution in [1.82, 2.24) is 0 Å². The lowest BCUT2D eigenvalue weighted by atomic mass is 9.89. The van der Waals surface area contributed by atoms with Gasteiger partial charge in [-0.05, 0) is 17.5 Å². The Morgan fingerprint density at radius 1 is 1.08 bits per heavy atom. The Bertz CT molecular complexity index is 410. The molecule has 1 heterocycles. The van der Waals surface area contributed by atoms with Crippen molar-refractivity contribution in [2.75, 3.05) is 0 Å². The van der Waals surface area contributed by atoms with Crippen molar-refractivity contribution in [1.29, 1.82) is 0 Å². The minimum Gasteiger partial charge on any atom is -0.190 e. The Morgan fingerprint density at radius 3 is 2.85 bits per heavy atom. The van der Waals surface area contributed by atoms with E-state index in [0.29, 0.717) is 23.9 Å². The molecule has 0 radical (unpaired) electrons. The highest BCUT2D eigenvalue weighted by Gasteiger charge is 2.55. The third-order valence-corrected chi connectivity index (χ3v) is 3.79. The lowest BCUT2D eigenvalue weighted by Crippen LogP contribution is -2.11. The number of rotatable bonds is 0. The Kier molecular flexibility index (Phi) is 0.891. The first-order chi connectivity index (χ1) is 6.45.